The second-order valence-corrected chi connectivity index (χ2v) is 6.61. The summed E-state index contributed by atoms with van der Waals surface area (Å²) in [4.78, 5) is 28.5. The molecule has 5 heteroatoms. The number of amides is 3. The van der Waals surface area contributed by atoms with Crippen LogP contribution in [-0.4, -0.2) is 46.9 Å². The molecule has 22 heavy (non-hydrogen) atoms. The number of rotatable bonds is 3. The average Bonchev–Trinajstić information content (AvgIpc) is 3.27. The summed E-state index contributed by atoms with van der Waals surface area (Å²) in [5.41, 5.74) is 1.00. The minimum Gasteiger partial charge on any atom is -0.322 e. The molecule has 0 bridgehead atoms. The number of likely N-dealkylation sites (N-methyl/N-ethyl adjacent to an activating group) is 1. The lowest BCUT2D eigenvalue weighted by Crippen LogP contribution is -2.40. The zero-order valence-electron chi connectivity index (χ0n) is 13.5. The van der Waals surface area contributed by atoms with E-state index < -0.39 is 0 Å². The molecule has 118 valence electrons. The van der Waals surface area contributed by atoms with E-state index in [9.17, 15) is 9.59 Å². The maximum atomic E-state index is 12.8. The number of urea groups is 1. The highest BCUT2D eigenvalue weighted by Crippen LogP contribution is 2.36. The number of hydrogen-bond acceptors (Lipinski definition) is 3. The third kappa shape index (κ3) is 2.29. The van der Waals surface area contributed by atoms with E-state index >= 15 is 0 Å². The number of benzene rings is 1. The largest absolute Gasteiger partial charge is 0.327 e. The Labute approximate surface area is 131 Å². The molecule has 2 aliphatic heterocycles. The Hall–Kier alpha value is -1.88. The van der Waals surface area contributed by atoms with E-state index in [0.29, 0.717) is 5.92 Å². The van der Waals surface area contributed by atoms with Gasteiger partial charge in [-0.3, -0.25) is 15.0 Å². The van der Waals surface area contributed by atoms with Gasteiger partial charge < -0.3 is 4.90 Å². The highest BCUT2D eigenvalue weighted by molar-refractivity contribution is 6.01. The van der Waals surface area contributed by atoms with Crippen molar-refractivity contribution >= 4 is 11.9 Å². The van der Waals surface area contributed by atoms with Gasteiger partial charge in [-0.1, -0.05) is 44.2 Å². The molecule has 4 atom stereocenters. The fraction of sp³-hybridized carbons (Fsp3) is 0.529. The van der Waals surface area contributed by atoms with Crippen molar-refractivity contribution in [2.24, 2.45) is 5.92 Å². The van der Waals surface area contributed by atoms with E-state index in [1.165, 1.54) is 4.90 Å². The van der Waals surface area contributed by atoms with Crippen molar-refractivity contribution in [3.05, 3.63) is 35.9 Å². The fourth-order valence-corrected chi connectivity index (χ4v) is 3.30. The van der Waals surface area contributed by atoms with Crippen molar-refractivity contribution < 1.29 is 9.59 Å². The molecule has 2 heterocycles. The van der Waals surface area contributed by atoms with E-state index in [1.807, 2.05) is 37.3 Å². The highest BCUT2D eigenvalue weighted by Gasteiger charge is 2.53. The van der Waals surface area contributed by atoms with Crippen LogP contribution in [0.2, 0.25) is 0 Å². The van der Waals surface area contributed by atoms with Crippen LogP contribution in [0.3, 0.4) is 0 Å². The third-order valence-corrected chi connectivity index (χ3v) is 4.84. The standard InChI is InChI=1S/C17H23N3O2/c1-10(2)13-14(18-13)16(21)20-15(11(3)19(4)17(20)22)12-8-6-5-7-9-12/h5-11,13-15,18H,1-4H3/t11-,13+,14-,15-/m1/s1. The Bertz CT molecular complexity index is 587. The van der Waals surface area contributed by atoms with Gasteiger partial charge in [0.05, 0.1) is 12.1 Å². The van der Waals surface area contributed by atoms with Crippen LogP contribution in [-0.2, 0) is 4.79 Å². The molecule has 1 aromatic rings. The Morgan fingerprint density at radius 3 is 2.41 bits per heavy atom. The van der Waals surface area contributed by atoms with Crippen LogP contribution in [0.4, 0.5) is 4.79 Å². The van der Waals surface area contributed by atoms with Crippen molar-refractivity contribution in [2.75, 3.05) is 7.05 Å². The molecule has 0 unspecified atom stereocenters. The molecule has 0 aromatic heterocycles. The van der Waals surface area contributed by atoms with Crippen molar-refractivity contribution in [1.29, 1.82) is 0 Å². The molecule has 0 spiro atoms. The first-order valence-electron chi connectivity index (χ1n) is 7.84. The molecule has 5 nitrogen and oxygen atoms in total. The Kier molecular flexibility index (Phi) is 3.68. The zero-order chi connectivity index (χ0) is 16.0. The highest BCUT2D eigenvalue weighted by atomic mass is 16.2. The van der Waals surface area contributed by atoms with Gasteiger partial charge in [0.2, 0.25) is 5.91 Å². The van der Waals surface area contributed by atoms with E-state index in [0.717, 1.165) is 5.56 Å². The predicted octanol–water partition coefficient (Wildman–Crippen LogP) is 2.01. The Morgan fingerprint density at radius 1 is 1.23 bits per heavy atom. The van der Waals surface area contributed by atoms with Crippen molar-refractivity contribution in [3.63, 3.8) is 0 Å². The topological polar surface area (TPSA) is 62.6 Å². The second kappa shape index (κ2) is 5.39. The molecular formula is C17H23N3O2. The molecule has 3 rings (SSSR count). The van der Waals surface area contributed by atoms with Gasteiger partial charge in [0.15, 0.2) is 0 Å². The Morgan fingerprint density at radius 2 is 1.86 bits per heavy atom. The average molecular weight is 301 g/mol. The van der Waals surface area contributed by atoms with Crippen LogP contribution < -0.4 is 5.32 Å². The summed E-state index contributed by atoms with van der Waals surface area (Å²) in [6, 6.07) is 9.28. The van der Waals surface area contributed by atoms with Gasteiger partial charge >= 0.3 is 6.03 Å². The number of nitrogens with zero attached hydrogens (tertiary/aromatic N) is 2. The minimum absolute atomic E-state index is 0.0323. The van der Waals surface area contributed by atoms with E-state index in [-0.39, 0.29) is 36.1 Å². The van der Waals surface area contributed by atoms with Crippen LogP contribution in [0.15, 0.2) is 30.3 Å². The summed E-state index contributed by atoms with van der Waals surface area (Å²) in [5.74, 6) is 0.283. The summed E-state index contributed by atoms with van der Waals surface area (Å²) in [5, 5.41) is 3.21. The fourth-order valence-electron chi connectivity index (χ4n) is 3.30. The van der Waals surface area contributed by atoms with E-state index in [4.69, 9.17) is 0 Å². The summed E-state index contributed by atoms with van der Waals surface area (Å²) >= 11 is 0. The first-order chi connectivity index (χ1) is 10.4. The maximum absolute atomic E-state index is 12.8. The first-order valence-corrected chi connectivity index (χ1v) is 7.84. The van der Waals surface area contributed by atoms with E-state index in [1.54, 1.807) is 11.9 Å². The smallest absolute Gasteiger partial charge is 0.322 e. The minimum atomic E-state index is -0.228. The molecule has 0 radical (unpaired) electrons. The SMILES string of the molecule is CC(C)[C@@H]1N[C@H]1C(=O)N1C(=O)N(C)[C@H](C)[C@@H]1c1ccccc1. The summed E-state index contributed by atoms with van der Waals surface area (Å²) in [6.45, 7) is 6.16. The lowest BCUT2D eigenvalue weighted by molar-refractivity contribution is -0.129. The van der Waals surface area contributed by atoms with Crippen LogP contribution >= 0.6 is 0 Å². The van der Waals surface area contributed by atoms with Gasteiger partial charge in [0.25, 0.3) is 0 Å². The zero-order valence-corrected chi connectivity index (χ0v) is 13.5. The number of hydrogen-bond donors (Lipinski definition) is 1. The quantitative estimate of drug-likeness (QED) is 0.869. The molecular weight excluding hydrogens is 278 g/mol. The Balaban J connectivity index is 1.90. The molecule has 0 saturated carbocycles. The molecule has 2 aliphatic rings. The summed E-state index contributed by atoms with van der Waals surface area (Å²) in [6.07, 6.45) is 0. The molecule has 1 N–H and O–H groups in total. The molecule has 2 saturated heterocycles. The number of carbonyl (C=O) groups is 2. The number of nitrogens with one attached hydrogen (secondary N) is 1. The van der Waals surface area contributed by atoms with Gasteiger partial charge in [0, 0.05) is 13.1 Å². The maximum Gasteiger partial charge on any atom is 0.327 e. The second-order valence-electron chi connectivity index (χ2n) is 6.61. The van der Waals surface area contributed by atoms with Crippen LogP contribution in [0.1, 0.15) is 32.4 Å². The van der Waals surface area contributed by atoms with Gasteiger partial charge in [-0.15, -0.1) is 0 Å². The molecule has 2 fully saturated rings. The van der Waals surface area contributed by atoms with Gasteiger partial charge in [-0.25, -0.2) is 4.79 Å². The van der Waals surface area contributed by atoms with Crippen molar-refractivity contribution in [1.82, 2.24) is 15.1 Å². The van der Waals surface area contributed by atoms with Gasteiger partial charge in [0.1, 0.15) is 6.04 Å². The van der Waals surface area contributed by atoms with E-state index in [2.05, 4.69) is 19.2 Å². The van der Waals surface area contributed by atoms with Gasteiger partial charge in [-0.05, 0) is 18.4 Å². The monoisotopic (exact) mass is 301 g/mol. The first kappa shape index (κ1) is 15.0. The number of carbonyl (C=O) groups excluding carboxylic acids is 2. The lowest BCUT2D eigenvalue weighted by atomic mass is 9.99. The van der Waals surface area contributed by atoms with Crippen LogP contribution in [0, 0.1) is 5.92 Å². The predicted molar refractivity (Wildman–Crippen MR) is 84.2 cm³/mol. The summed E-state index contributed by atoms with van der Waals surface area (Å²) in [7, 11) is 1.76. The lowest BCUT2D eigenvalue weighted by Gasteiger charge is -2.24. The van der Waals surface area contributed by atoms with Crippen molar-refractivity contribution in [2.45, 2.75) is 44.9 Å². The van der Waals surface area contributed by atoms with Crippen LogP contribution in [0.5, 0.6) is 0 Å². The number of imide groups is 1. The molecule has 0 aliphatic carbocycles. The third-order valence-electron chi connectivity index (χ3n) is 4.84. The van der Waals surface area contributed by atoms with Crippen LogP contribution in [0.25, 0.3) is 0 Å². The summed E-state index contributed by atoms with van der Waals surface area (Å²) < 4.78 is 0. The molecule has 1 aromatic carbocycles. The normalized spacial score (nSPS) is 31.0. The molecule has 3 amide bonds. The van der Waals surface area contributed by atoms with Gasteiger partial charge in [-0.2, -0.15) is 0 Å². The van der Waals surface area contributed by atoms with Crippen molar-refractivity contribution in [3.8, 4) is 0 Å².